The molecule has 2 aromatic rings. The number of carbonyl (C=O) groups is 2. The van der Waals surface area contributed by atoms with E-state index >= 15 is 0 Å². The molecule has 0 aliphatic rings. The molecule has 0 atom stereocenters. The van der Waals surface area contributed by atoms with E-state index < -0.39 is 5.97 Å². The highest BCUT2D eigenvalue weighted by Crippen LogP contribution is 2.15. The molecule has 0 spiro atoms. The quantitative estimate of drug-likeness (QED) is 0.801. The summed E-state index contributed by atoms with van der Waals surface area (Å²) in [5.41, 5.74) is 1.77. The number of hydrogen-bond donors (Lipinski definition) is 2. The first kappa shape index (κ1) is 16.4. The molecular weight excluding hydrogens is 296 g/mol. The zero-order valence-electron chi connectivity index (χ0n) is 13.0. The molecule has 0 bridgehead atoms. The second-order valence-electron chi connectivity index (χ2n) is 4.70. The van der Waals surface area contributed by atoms with Crippen molar-refractivity contribution in [2.75, 3.05) is 31.4 Å². The lowest BCUT2D eigenvalue weighted by Crippen LogP contribution is -2.21. The van der Waals surface area contributed by atoms with Crippen LogP contribution in [0.1, 0.15) is 10.4 Å². The third kappa shape index (κ3) is 4.74. The van der Waals surface area contributed by atoms with E-state index in [0.717, 1.165) is 5.75 Å². The van der Waals surface area contributed by atoms with Crippen molar-refractivity contribution in [1.82, 2.24) is 0 Å². The van der Waals surface area contributed by atoms with Gasteiger partial charge in [0.05, 0.1) is 26.3 Å². The summed E-state index contributed by atoms with van der Waals surface area (Å²) in [6.45, 7) is 0.0800. The Bertz CT molecular complexity index is 683. The summed E-state index contributed by atoms with van der Waals surface area (Å²) in [4.78, 5) is 23.4. The first-order chi connectivity index (χ1) is 11.1. The van der Waals surface area contributed by atoms with Crippen molar-refractivity contribution >= 4 is 23.3 Å². The van der Waals surface area contributed by atoms with Crippen LogP contribution in [0.15, 0.2) is 48.5 Å². The van der Waals surface area contributed by atoms with Crippen LogP contribution >= 0.6 is 0 Å². The fourth-order valence-corrected chi connectivity index (χ4v) is 1.94. The molecular formula is C17H18N2O4. The molecule has 2 N–H and O–H groups in total. The second-order valence-corrected chi connectivity index (χ2v) is 4.70. The largest absolute Gasteiger partial charge is 0.497 e. The van der Waals surface area contributed by atoms with Gasteiger partial charge in [0.2, 0.25) is 5.91 Å². The van der Waals surface area contributed by atoms with Crippen molar-refractivity contribution in [1.29, 1.82) is 0 Å². The summed E-state index contributed by atoms with van der Waals surface area (Å²) in [5.74, 6) is 0.107. The van der Waals surface area contributed by atoms with E-state index in [1.807, 2.05) is 0 Å². The van der Waals surface area contributed by atoms with Crippen LogP contribution in [0.5, 0.6) is 5.75 Å². The van der Waals surface area contributed by atoms with E-state index in [0.29, 0.717) is 16.9 Å². The molecule has 6 nitrogen and oxygen atoms in total. The lowest BCUT2D eigenvalue weighted by molar-refractivity contribution is -0.114. The highest BCUT2D eigenvalue weighted by molar-refractivity contribution is 5.94. The van der Waals surface area contributed by atoms with Crippen molar-refractivity contribution < 1.29 is 19.1 Å². The average Bonchev–Trinajstić information content (AvgIpc) is 2.60. The molecule has 0 fully saturated rings. The molecule has 2 rings (SSSR count). The molecule has 1 amide bonds. The van der Waals surface area contributed by atoms with Crippen LogP contribution in [-0.4, -0.2) is 32.6 Å². The van der Waals surface area contributed by atoms with Gasteiger partial charge in [0.25, 0.3) is 0 Å². The highest BCUT2D eigenvalue weighted by Gasteiger charge is 2.07. The Hall–Kier alpha value is -3.02. The summed E-state index contributed by atoms with van der Waals surface area (Å²) in [5, 5.41) is 5.73. The molecule has 0 unspecified atom stereocenters. The number of carbonyl (C=O) groups excluding carboxylic acids is 2. The lowest BCUT2D eigenvalue weighted by atomic mass is 10.2. The summed E-state index contributed by atoms with van der Waals surface area (Å²) in [6.07, 6.45) is 0. The van der Waals surface area contributed by atoms with Gasteiger partial charge in [0, 0.05) is 11.4 Å². The van der Waals surface area contributed by atoms with Crippen LogP contribution in [0, 0.1) is 0 Å². The van der Waals surface area contributed by atoms with Gasteiger partial charge in [-0.3, -0.25) is 4.79 Å². The molecule has 0 heterocycles. The first-order valence-corrected chi connectivity index (χ1v) is 6.98. The minimum absolute atomic E-state index is 0.0800. The number of rotatable bonds is 6. The van der Waals surface area contributed by atoms with E-state index in [1.54, 1.807) is 55.6 Å². The standard InChI is InChI=1S/C17H18N2O4/c1-22-15-8-6-13(7-9-15)19-16(20)11-18-14-5-3-4-12(10-14)17(21)23-2/h3-10,18H,11H2,1-2H3,(H,19,20). The van der Waals surface area contributed by atoms with Crippen molar-refractivity contribution in [2.24, 2.45) is 0 Å². The molecule has 6 heteroatoms. The normalized spacial score (nSPS) is 9.83. The third-order valence-electron chi connectivity index (χ3n) is 3.11. The number of esters is 1. The van der Waals surface area contributed by atoms with Gasteiger partial charge in [-0.2, -0.15) is 0 Å². The first-order valence-electron chi connectivity index (χ1n) is 6.98. The SMILES string of the molecule is COC(=O)c1cccc(NCC(=O)Nc2ccc(OC)cc2)c1. The molecule has 0 aromatic heterocycles. The number of anilines is 2. The molecule has 0 aliphatic carbocycles. The second kappa shape index (κ2) is 7.84. The molecule has 0 saturated heterocycles. The van der Waals surface area contributed by atoms with E-state index in [9.17, 15) is 9.59 Å². The maximum absolute atomic E-state index is 11.9. The maximum Gasteiger partial charge on any atom is 0.337 e. The number of benzene rings is 2. The Morgan fingerprint density at radius 1 is 1.00 bits per heavy atom. The molecule has 120 valence electrons. The topological polar surface area (TPSA) is 76.7 Å². The fraction of sp³-hybridized carbons (Fsp3) is 0.176. The zero-order chi connectivity index (χ0) is 16.7. The fourth-order valence-electron chi connectivity index (χ4n) is 1.94. The van der Waals surface area contributed by atoms with Crippen molar-refractivity contribution in [3.05, 3.63) is 54.1 Å². The van der Waals surface area contributed by atoms with Gasteiger partial charge >= 0.3 is 5.97 Å². The third-order valence-corrected chi connectivity index (χ3v) is 3.11. The number of amides is 1. The number of nitrogens with one attached hydrogen (secondary N) is 2. The molecule has 2 aromatic carbocycles. The van der Waals surface area contributed by atoms with Crippen LogP contribution in [0.4, 0.5) is 11.4 Å². The monoisotopic (exact) mass is 314 g/mol. The Labute approximate surface area is 134 Å². The van der Waals surface area contributed by atoms with E-state index in [4.69, 9.17) is 4.74 Å². The summed E-state index contributed by atoms with van der Waals surface area (Å²) >= 11 is 0. The number of hydrogen-bond acceptors (Lipinski definition) is 5. The van der Waals surface area contributed by atoms with Crippen LogP contribution in [0.2, 0.25) is 0 Å². The molecule has 23 heavy (non-hydrogen) atoms. The van der Waals surface area contributed by atoms with Gasteiger partial charge in [-0.05, 0) is 42.5 Å². The average molecular weight is 314 g/mol. The van der Waals surface area contributed by atoms with Gasteiger partial charge in [-0.15, -0.1) is 0 Å². The van der Waals surface area contributed by atoms with E-state index in [-0.39, 0.29) is 12.5 Å². The van der Waals surface area contributed by atoms with E-state index in [2.05, 4.69) is 15.4 Å². The molecule has 0 radical (unpaired) electrons. The van der Waals surface area contributed by atoms with E-state index in [1.165, 1.54) is 7.11 Å². The van der Waals surface area contributed by atoms with Gasteiger partial charge in [0.1, 0.15) is 5.75 Å². The van der Waals surface area contributed by atoms with Crippen LogP contribution in [0.3, 0.4) is 0 Å². The van der Waals surface area contributed by atoms with Gasteiger partial charge < -0.3 is 20.1 Å². The van der Waals surface area contributed by atoms with Crippen LogP contribution < -0.4 is 15.4 Å². The highest BCUT2D eigenvalue weighted by atomic mass is 16.5. The van der Waals surface area contributed by atoms with Crippen LogP contribution in [-0.2, 0) is 9.53 Å². The van der Waals surface area contributed by atoms with Crippen molar-refractivity contribution in [2.45, 2.75) is 0 Å². The van der Waals surface area contributed by atoms with Gasteiger partial charge in [-0.25, -0.2) is 4.79 Å². The smallest absolute Gasteiger partial charge is 0.337 e. The lowest BCUT2D eigenvalue weighted by Gasteiger charge is -2.09. The van der Waals surface area contributed by atoms with Gasteiger partial charge in [0.15, 0.2) is 0 Å². The number of methoxy groups -OCH3 is 2. The summed E-state index contributed by atoms with van der Waals surface area (Å²) < 4.78 is 9.71. The Balaban J connectivity index is 1.89. The van der Waals surface area contributed by atoms with Crippen LogP contribution in [0.25, 0.3) is 0 Å². The molecule has 0 aliphatic heterocycles. The Kier molecular flexibility index (Phi) is 5.57. The minimum atomic E-state index is -0.420. The Morgan fingerprint density at radius 2 is 1.74 bits per heavy atom. The Morgan fingerprint density at radius 3 is 2.39 bits per heavy atom. The summed E-state index contributed by atoms with van der Waals surface area (Å²) in [7, 11) is 2.91. The van der Waals surface area contributed by atoms with Crippen molar-refractivity contribution in [3.8, 4) is 5.75 Å². The maximum atomic E-state index is 11.9. The molecule has 0 saturated carbocycles. The predicted molar refractivity (Wildman–Crippen MR) is 87.9 cm³/mol. The van der Waals surface area contributed by atoms with Gasteiger partial charge in [-0.1, -0.05) is 6.07 Å². The minimum Gasteiger partial charge on any atom is -0.497 e. The zero-order valence-corrected chi connectivity index (χ0v) is 13.0. The summed E-state index contributed by atoms with van der Waals surface area (Å²) in [6, 6.07) is 13.8. The van der Waals surface area contributed by atoms with Crippen molar-refractivity contribution in [3.63, 3.8) is 0 Å². The number of ether oxygens (including phenoxy) is 2. The predicted octanol–water partition coefficient (Wildman–Crippen LogP) is 2.53.